The van der Waals surface area contributed by atoms with Gasteiger partial charge in [-0.1, -0.05) is 6.07 Å². The van der Waals surface area contributed by atoms with Crippen LogP contribution in [0, 0.1) is 17.9 Å². The molecule has 0 heterocycles. The van der Waals surface area contributed by atoms with Crippen molar-refractivity contribution in [2.75, 3.05) is 0 Å². The molecule has 0 aromatic carbocycles. The molecule has 5 heavy (non-hydrogen) atoms. The Morgan fingerprint density at radius 3 is 2.00 bits per heavy atom. The summed E-state index contributed by atoms with van der Waals surface area (Å²) in [5.41, 5.74) is 0. The molecule has 0 aliphatic carbocycles. The first-order chi connectivity index (χ1) is 1.91. The maximum Gasteiger partial charge on any atom is 0 e. The Kier molecular flexibility index (Phi) is 16.0. The van der Waals surface area contributed by atoms with Crippen molar-refractivity contribution in [3.8, 4) is 6.07 Å². The van der Waals surface area contributed by atoms with Gasteiger partial charge < -0.3 is 5.11 Å². The van der Waals surface area contributed by atoms with E-state index in [9.17, 15) is 0 Å². The Morgan fingerprint density at radius 2 is 2.00 bits per heavy atom. The Bertz CT molecular complexity index is 39.4. The summed E-state index contributed by atoms with van der Waals surface area (Å²) in [6.45, 7) is 0.431. The van der Waals surface area contributed by atoms with Crippen LogP contribution in [-0.2, 0) is 32.7 Å². The van der Waals surface area contributed by atoms with Gasteiger partial charge in [0.1, 0.15) is 0 Å². The minimum Gasteiger partial charge on any atom is -0.533 e. The number of rotatable bonds is 0. The molecule has 25 valence electrons. The first kappa shape index (κ1) is 9.05. The third kappa shape index (κ3) is 12.8. The van der Waals surface area contributed by atoms with Gasteiger partial charge in [-0.05, 0) is 0 Å². The summed E-state index contributed by atoms with van der Waals surface area (Å²) in [5.74, 6) is 0. The van der Waals surface area contributed by atoms with E-state index in [2.05, 4.69) is 0 Å². The monoisotopic (exact) mass is 145 g/mol. The van der Waals surface area contributed by atoms with Crippen LogP contribution in [0.15, 0.2) is 0 Å². The Labute approximate surface area is 55.7 Å². The average Bonchev–Trinajstić information content (AvgIpc) is 1.37. The molecule has 0 atom stereocenters. The van der Waals surface area contributed by atoms with Gasteiger partial charge in [-0.25, -0.2) is 5.26 Å². The number of hydrogen-bond acceptors (Lipinski definition) is 2. The fourth-order valence-electron chi connectivity index (χ4n) is 0. The maximum absolute atomic E-state index is 7.39. The zero-order valence-corrected chi connectivity index (χ0v) is 5.39. The number of nitrogens with zero attached hydrogens (tertiary/aromatic N) is 1. The van der Waals surface area contributed by atoms with E-state index in [1.807, 2.05) is 0 Å². The fraction of sp³-hybridized carbons (Fsp3) is 0. The molecule has 0 aliphatic heterocycles. The minimum absolute atomic E-state index is 0. The quantitative estimate of drug-likeness (QED) is 0.386. The van der Waals surface area contributed by atoms with Crippen molar-refractivity contribution >= 4 is 0 Å². The van der Waals surface area contributed by atoms with Crippen LogP contribution < -0.4 is 0 Å². The standard InChI is InChI=1S/C2H2NO.Y/c3-1-2-4;/h2,4H;/q-1;. The Hall–Kier alpha value is 0.424. The summed E-state index contributed by atoms with van der Waals surface area (Å²) in [6, 6.07) is 1.36. The molecule has 2 nitrogen and oxygen atoms in total. The Morgan fingerprint density at radius 1 is 1.80 bits per heavy atom. The number of nitriles is 1. The second-order valence-corrected chi connectivity index (χ2v) is 0.258. The molecule has 0 rings (SSSR count). The molecule has 0 aliphatic rings. The number of hydrogen-bond donors (Lipinski definition) is 1. The van der Waals surface area contributed by atoms with Crippen molar-refractivity contribution in [1.29, 1.82) is 5.26 Å². The van der Waals surface area contributed by atoms with Crippen LogP contribution in [0.5, 0.6) is 0 Å². The van der Waals surface area contributed by atoms with Gasteiger partial charge in [0.15, 0.2) is 0 Å². The van der Waals surface area contributed by atoms with Crippen LogP contribution in [0.25, 0.3) is 0 Å². The fourth-order valence-corrected chi connectivity index (χ4v) is 0. The van der Waals surface area contributed by atoms with Crippen molar-refractivity contribution in [1.82, 2.24) is 0 Å². The molecule has 0 aromatic heterocycles. The SMILES string of the molecule is N#C[CH-]O.[Y]. The summed E-state index contributed by atoms with van der Waals surface area (Å²) in [5, 5.41) is 14.7. The third-order valence-electron chi connectivity index (χ3n) is 0.0577. The van der Waals surface area contributed by atoms with E-state index in [0.29, 0.717) is 6.61 Å². The minimum atomic E-state index is 0. The van der Waals surface area contributed by atoms with E-state index in [-0.39, 0.29) is 32.7 Å². The topological polar surface area (TPSA) is 44.0 Å². The molecule has 0 amide bonds. The van der Waals surface area contributed by atoms with Gasteiger partial charge >= 0.3 is 0 Å². The molecule has 0 fully saturated rings. The molecule has 0 aromatic rings. The molecule has 0 bridgehead atoms. The largest absolute Gasteiger partial charge is 0.533 e. The molecule has 0 spiro atoms. The first-order valence-corrected chi connectivity index (χ1v) is 0.770. The molecule has 1 radical (unpaired) electrons. The second-order valence-electron chi connectivity index (χ2n) is 0.258. The van der Waals surface area contributed by atoms with Crippen LogP contribution in [-0.4, -0.2) is 5.11 Å². The first-order valence-electron chi connectivity index (χ1n) is 0.770. The van der Waals surface area contributed by atoms with Gasteiger partial charge in [-0.2, -0.15) is 6.61 Å². The van der Waals surface area contributed by atoms with Crippen LogP contribution in [0.1, 0.15) is 0 Å². The molecule has 0 unspecified atom stereocenters. The predicted octanol–water partition coefficient (Wildman–Crippen LogP) is 0.0418. The van der Waals surface area contributed by atoms with E-state index in [1.165, 1.54) is 6.07 Å². The summed E-state index contributed by atoms with van der Waals surface area (Å²) >= 11 is 0. The van der Waals surface area contributed by atoms with Crippen LogP contribution in [0.4, 0.5) is 0 Å². The second kappa shape index (κ2) is 8.83. The summed E-state index contributed by atoms with van der Waals surface area (Å²) in [4.78, 5) is 0. The number of aliphatic hydroxyl groups is 1. The normalized spacial score (nSPS) is 3.20. The van der Waals surface area contributed by atoms with Crippen molar-refractivity contribution < 1.29 is 37.8 Å². The van der Waals surface area contributed by atoms with Gasteiger partial charge in [0.2, 0.25) is 0 Å². The van der Waals surface area contributed by atoms with Gasteiger partial charge in [0, 0.05) is 32.7 Å². The van der Waals surface area contributed by atoms with E-state index in [1.54, 1.807) is 0 Å². The molecule has 1 N–H and O–H groups in total. The van der Waals surface area contributed by atoms with Crippen molar-refractivity contribution in [3.05, 3.63) is 6.61 Å². The van der Waals surface area contributed by atoms with E-state index in [4.69, 9.17) is 10.4 Å². The van der Waals surface area contributed by atoms with Crippen molar-refractivity contribution in [2.45, 2.75) is 0 Å². The zero-order valence-electron chi connectivity index (χ0n) is 2.55. The summed E-state index contributed by atoms with van der Waals surface area (Å²) < 4.78 is 0. The smallest absolute Gasteiger partial charge is 0 e. The maximum atomic E-state index is 7.39. The van der Waals surface area contributed by atoms with Crippen molar-refractivity contribution in [3.63, 3.8) is 0 Å². The molecular weight excluding hydrogens is 143 g/mol. The number of aliphatic hydroxyl groups excluding tert-OH is 1. The van der Waals surface area contributed by atoms with Crippen LogP contribution in [0.3, 0.4) is 0 Å². The molecular formula is C2H2NOY-. The predicted molar refractivity (Wildman–Crippen MR) is 11.8 cm³/mol. The van der Waals surface area contributed by atoms with Gasteiger partial charge in [-0.15, -0.1) is 0 Å². The van der Waals surface area contributed by atoms with E-state index >= 15 is 0 Å². The van der Waals surface area contributed by atoms with E-state index in [0.717, 1.165) is 0 Å². The van der Waals surface area contributed by atoms with Crippen LogP contribution in [0.2, 0.25) is 0 Å². The molecule has 0 saturated heterocycles. The molecule has 3 heteroatoms. The summed E-state index contributed by atoms with van der Waals surface area (Å²) in [6.07, 6.45) is 0. The van der Waals surface area contributed by atoms with Gasteiger partial charge in [-0.3, -0.25) is 0 Å². The van der Waals surface area contributed by atoms with Gasteiger partial charge in [0.25, 0.3) is 0 Å². The zero-order chi connectivity index (χ0) is 3.41. The van der Waals surface area contributed by atoms with E-state index < -0.39 is 0 Å². The summed E-state index contributed by atoms with van der Waals surface area (Å²) in [7, 11) is 0. The Balaban J connectivity index is 0. The van der Waals surface area contributed by atoms with Crippen LogP contribution >= 0.6 is 0 Å². The third-order valence-corrected chi connectivity index (χ3v) is 0.0577. The average molecular weight is 145 g/mol. The van der Waals surface area contributed by atoms with Gasteiger partial charge in [0.05, 0.1) is 0 Å². The molecule has 0 saturated carbocycles. The van der Waals surface area contributed by atoms with Crippen molar-refractivity contribution in [2.24, 2.45) is 0 Å².